The number of fused-ring (bicyclic) bond motifs is 1. The molecule has 4 rings (SSSR count). The minimum Gasteiger partial charge on any atom is -0.478 e. The van der Waals surface area contributed by atoms with Crippen LogP contribution in [0.5, 0.6) is 0 Å². The number of piperidine rings is 1. The van der Waals surface area contributed by atoms with Gasteiger partial charge in [0.05, 0.1) is 0 Å². The number of aryl methyl sites for hydroxylation is 2. The summed E-state index contributed by atoms with van der Waals surface area (Å²) in [6.07, 6.45) is 0.260. The second-order valence-corrected chi connectivity index (χ2v) is 9.16. The lowest BCUT2D eigenvalue weighted by atomic mass is 10.0. The van der Waals surface area contributed by atoms with Crippen LogP contribution in [0.2, 0.25) is 0 Å². The maximum atomic E-state index is 12.8. The Kier molecular flexibility index (Phi) is 7.05. The van der Waals surface area contributed by atoms with Crippen LogP contribution in [0.15, 0.2) is 42.5 Å². The van der Waals surface area contributed by atoms with Gasteiger partial charge in [0.2, 0.25) is 6.10 Å². The molecule has 8 nitrogen and oxygen atoms in total. The van der Waals surface area contributed by atoms with E-state index in [1.807, 2.05) is 61.2 Å². The average molecular weight is 466 g/mol. The number of rotatable bonds is 5. The number of amides is 3. The molecule has 2 aliphatic rings. The zero-order valence-corrected chi connectivity index (χ0v) is 19.6. The number of hydrogen-bond acceptors (Lipinski definition) is 4. The summed E-state index contributed by atoms with van der Waals surface area (Å²) in [5, 5.41) is 12.6. The molecule has 2 aliphatic heterocycles. The number of anilines is 1. The number of benzene rings is 2. The molecule has 2 N–H and O–H groups in total. The van der Waals surface area contributed by atoms with Crippen LogP contribution in [-0.2, 0) is 22.4 Å². The second kappa shape index (κ2) is 10.2. The molecule has 2 aromatic carbocycles. The third kappa shape index (κ3) is 5.50. The zero-order valence-electron chi connectivity index (χ0n) is 19.6. The van der Waals surface area contributed by atoms with Gasteiger partial charge in [-0.2, -0.15) is 0 Å². The number of carbonyl (C=O) groups is 3. The molecule has 8 heteroatoms. The van der Waals surface area contributed by atoms with Crippen molar-refractivity contribution in [3.8, 4) is 0 Å². The maximum absolute atomic E-state index is 12.8. The molecular weight excluding hydrogens is 434 g/mol. The number of ether oxygens (including phenoxy) is 1. The van der Waals surface area contributed by atoms with E-state index in [2.05, 4.69) is 5.32 Å². The summed E-state index contributed by atoms with van der Waals surface area (Å²) >= 11 is 0. The lowest BCUT2D eigenvalue weighted by Gasteiger charge is -2.37. The van der Waals surface area contributed by atoms with E-state index in [1.165, 1.54) is 0 Å². The van der Waals surface area contributed by atoms with Gasteiger partial charge in [0.1, 0.15) is 0 Å². The average Bonchev–Trinajstić information content (AvgIpc) is 2.96. The number of nitrogens with one attached hydrogen (secondary N) is 1. The first kappa shape index (κ1) is 23.6. The molecule has 1 saturated heterocycles. The van der Waals surface area contributed by atoms with Crippen LogP contribution < -0.4 is 5.32 Å². The number of likely N-dealkylation sites (tertiary alicyclic amines) is 1. The Bertz CT molecular complexity index is 1060. The van der Waals surface area contributed by atoms with E-state index < -0.39 is 18.2 Å². The molecule has 3 amide bonds. The van der Waals surface area contributed by atoms with Crippen molar-refractivity contribution in [1.82, 2.24) is 9.80 Å². The molecule has 2 heterocycles. The van der Waals surface area contributed by atoms with E-state index in [0.29, 0.717) is 32.5 Å². The summed E-state index contributed by atoms with van der Waals surface area (Å²) in [6, 6.07) is 13.5. The van der Waals surface area contributed by atoms with Gasteiger partial charge < -0.3 is 25.0 Å². The molecule has 1 fully saturated rings. The Labute approximate surface area is 199 Å². The van der Waals surface area contributed by atoms with Crippen molar-refractivity contribution < 1.29 is 24.2 Å². The van der Waals surface area contributed by atoms with Crippen molar-refractivity contribution in [3.05, 3.63) is 64.7 Å². The highest BCUT2D eigenvalue weighted by Gasteiger charge is 2.33. The van der Waals surface area contributed by atoms with E-state index >= 15 is 0 Å². The number of aliphatic carboxylic acids is 1. The molecule has 0 radical (unpaired) electrons. The standard InChI is InChI=1S/C26H31N3O5/c1-17-13-18(2)15-19(14-17)16-23(24(30)31)34-26(33)28-10-8-21(9-11-28)29-12-7-20-5-3-4-6-22(20)27-25(29)32/h3-6,13-15,21,23H,7-12,16H2,1-2H3,(H,27,32)(H,30,31)/t23-/m1/s1. The van der Waals surface area contributed by atoms with Gasteiger partial charge in [-0.05, 0) is 50.3 Å². The number of urea groups is 1. The predicted octanol–water partition coefficient (Wildman–Crippen LogP) is 3.99. The van der Waals surface area contributed by atoms with Crippen LogP contribution in [0.25, 0.3) is 0 Å². The predicted molar refractivity (Wildman–Crippen MR) is 128 cm³/mol. The number of para-hydroxylation sites is 1. The molecule has 180 valence electrons. The summed E-state index contributed by atoms with van der Waals surface area (Å²) in [5.41, 5.74) is 4.85. The van der Waals surface area contributed by atoms with Gasteiger partial charge in [-0.25, -0.2) is 14.4 Å². The molecule has 0 aromatic heterocycles. The lowest BCUT2D eigenvalue weighted by Crippen LogP contribution is -2.50. The van der Waals surface area contributed by atoms with Crippen molar-refractivity contribution >= 4 is 23.8 Å². The highest BCUT2D eigenvalue weighted by molar-refractivity contribution is 5.91. The lowest BCUT2D eigenvalue weighted by molar-refractivity contribution is -0.147. The zero-order chi connectivity index (χ0) is 24.2. The maximum Gasteiger partial charge on any atom is 0.410 e. The van der Waals surface area contributed by atoms with Crippen molar-refractivity contribution in [1.29, 1.82) is 0 Å². The number of carboxylic acids is 1. The van der Waals surface area contributed by atoms with E-state index in [4.69, 9.17) is 4.74 Å². The van der Waals surface area contributed by atoms with Crippen LogP contribution in [0.4, 0.5) is 15.3 Å². The first-order chi connectivity index (χ1) is 16.3. The van der Waals surface area contributed by atoms with Gasteiger partial charge >= 0.3 is 18.1 Å². The molecule has 0 saturated carbocycles. The smallest absolute Gasteiger partial charge is 0.410 e. The van der Waals surface area contributed by atoms with E-state index in [-0.39, 0.29) is 18.5 Å². The highest BCUT2D eigenvalue weighted by atomic mass is 16.6. The molecule has 0 aliphatic carbocycles. The summed E-state index contributed by atoms with van der Waals surface area (Å²) < 4.78 is 5.39. The molecule has 0 spiro atoms. The van der Waals surface area contributed by atoms with Gasteiger partial charge in [-0.1, -0.05) is 47.5 Å². The Morgan fingerprint density at radius 3 is 2.44 bits per heavy atom. The Morgan fingerprint density at radius 2 is 1.76 bits per heavy atom. The normalized spacial score (nSPS) is 17.4. The molecular formula is C26H31N3O5. The minimum absolute atomic E-state index is 0.0175. The number of hydrogen-bond donors (Lipinski definition) is 2. The van der Waals surface area contributed by atoms with Gasteiger partial charge in [-0.15, -0.1) is 0 Å². The van der Waals surface area contributed by atoms with Crippen molar-refractivity contribution in [2.45, 2.75) is 51.7 Å². The SMILES string of the molecule is Cc1cc(C)cc(C[C@@H](OC(=O)N2CCC(N3CCc4ccccc4NC3=O)CC2)C(=O)O)c1. The summed E-state index contributed by atoms with van der Waals surface area (Å²) in [5.74, 6) is -1.16. The summed E-state index contributed by atoms with van der Waals surface area (Å²) in [6.45, 7) is 5.35. The van der Waals surface area contributed by atoms with Crippen molar-refractivity contribution in [2.75, 3.05) is 25.0 Å². The summed E-state index contributed by atoms with van der Waals surface area (Å²) in [4.78, 5) is 40.7. The Balaban J connectivity index is 1.33. The van der Waals surface area contributed by atoms with Gasteiger partial charge in [0, 0.05) is 37.8 Å². The second-order valence-electron chi connectivity index (χ2n) is 9.16. The van der Waals surface area contributed by atoms with E-state index in [9.17, 15) is 19.5 Å². The van der Waals surface area contributed by atoms with Crippen LogP contribution in [0.3, 0.4) is 0 Å². The van der Waals surface area contributed by atoms with Crippen LogP contribution >= 0.6 is 0 Å². The van der Waals surface area contributed by atoms with Gasteiger partial charge in [-0.3, -0.25) is 0 Å². The van der Waals surface area contributed by atoms with Crippen molar-refractivity contribution in [2.24, 2.45) is 0 Å². The largest absolute Gasteiger partial charge is 0.478 e. The van der Waals surface area contributed by atoms with Crippen LogP contribution in [0.1, 0.15) is 35.1 Å². The number of nitrogens with zero attached hydrogens (tertiary/aromatic N) is 2. The fourth-order valence-electron chi connectivity index (χ4n) is 4.87. The monoisotopic (exact) mass is 465 g/mol. The minimum atomic E-state index is -1.25. The number of carboxylic acid groups (broad SMARTS) is 1. The molecule has 34 heavy (non-hydrogen) atoms. The molecule has 0 unspecified atom stereocenters. The van der Waals surface area contributed by atoms with Crippen molar-refractivity contribution in [3.63, 3.8) is 0 Å². The molecule has 1 atom stereocenters. The van der Waals surface area contributed by atoms with E-state index in [1.54, 1.807) is 4.90 Å². The molecule has 2 aromatic rings. The first-order valence-corrected chi connectivity index (χ1v) is 11.7. The van der Waals surface area contributed by atoms with Crippen LogP contribution in [0, 0.1) is 13.8 Å². The third-order valence-electron chi connectivity index (χ3n) is 6.53. The van der Waals surface area contributed by atoms with Gasteiger partial charge in [0.25, 0.3) is 0 Å². The Hall–Kier alpha value is -3.55. The van der Waals surface area contributed by atoms with E-state index in [0.717, 1.165) is 34.4 Å². The topological polar surface area (TPSA) is 99.2 Å². The Morgan fingerprint density at radius 1 is 1.09 bits per heavy atom. The third-order valence-corrected chi connectivity index (χ3v) is 6.53. The summed E-state index contributed by atoms with van der Waals surface area (Å²) in [7, 11) is 0. The molecule has 0 bridgehead atoms. The van der Waals surface area contributed by atoms with Crippen LogP contribution in [-0.4, -0.2) is 64.8 Å². The first-order valence-electron chi connectivity index (χ1n) is 11.7. The van der Waals surface area contributed by atoms with Gasteiger partial charge in [0.15, 0.2) is 0 Å². The quantitative estimate of drug-likeness (QED) is 0.696. The number of carbonyl (C=O) groups excluding carboxylic acids is 2. The fourth-order valence-corrected chi connectivity index (χ4v) is 4.87. The highest BCUT2D eigenvalue weighted by Crippen LogP contribution is 2.25. The fraction of sp³-hybridized carbons (Fsp3) is 0.423.